The average Bonchev–Trinajstić information content (AvgIpc) is 1.30. The van der Waals surface area contributed by atoms with Crippen LogP contribution in [0.2, 0.25) is 0 Å². The van der Waals surface area contributed by atoms with E-state index in [2.05, 4.69) is 35.5 Å². The Morgan fingerprint density at radius 3 is 2.14 bits per heavy atom. The molecule has 7 heavy (non-hydrogen) atoms. The van der Waals surface area contributed by atoms with E-state index < -0.39 is 4.77 Å². The second-order valence-corrected chi connectivity index (χ2v) is 10.4. The number of hydrogen-bond acceptors (Lipinski definition) is 2. The van der Waals surface area contributed by atoms with Crippen molar-refractivity contribution in [2.24, 2.45) is 0 Å². The van der Waals surface area contributed by atoms with Gasteiger partial charge in [-0.05, 0) is 6.92 Å². The fraction of sp³-hybridized carbons (Fsp3) is 1.00. The molecule has 0 aromatic carbocycles. The van der Waals surface area contributed by atoms with Crippen LogP contribution in [0.25, 0.3) is 0 Å². The predicted molar refractivity (Wildman–Crippen MR) is 37.1 cm³/mol. The molecule has 2 nitrogen and oxygen atoms in total. The van der Waals surface area contributed by atoms with E-state index in [9.17, 15) is 4.57 Å². The van der Waals surface area contributed by atoms with Crippen LogP contribution in [0, 0.1) is 0 Å². The van der Waals surface area contributed by atoms with E-state index in [1.807, 2.05) is 0 Å². The molecule has 44 valence electrons. The summed E-state index contributed by atoms with van der Waals surface area (Å²) in [6.45, 7) is 2.23. The molecule has 0 aliphatic rings. The van der Waals surface area contributed by atoms with Crippen LogP contribution >= 0.6 is 35.8 Å². The van der Waals surface area contributed by atoms with Gasteiger partial charge < -0.3 is 4.52 Å². The molecule has 0 N–H and O–H groups in total. The molecule has 0 saturated heterocycles. The Morgan fingerprint density at radius 1 is 1.71 bits per heavy atom. The van der Waals surface area contributed by atoms with Crippen LogP contribution in [0.1, 0.15) is 6.92 Å². The van der Waals surface area contributed by atoms with Gasteiger partial charge in [0.25, 0.3) is 0 Å². The van der Waals surface area contributed by atoms with E-state index in [4.69, 9.17) is 0 Å². The van der Waals surface area contributed by atoms with Crippen molar-refractivity contribution >= 4 is 35.8 Å². The van der Waals surface area contributed by atoms with Gasteiger partial charge in [0.05, 0.1) is 6.61 Å². The SMILES string of the molecule is CCOP(=O)(Br)Br. The zero-order valence-corrected chi connectivity index (χ0v) is 7.79. The van der Waals surface area contributed by atoms with Gasteiger partial charge in [-0.1, -0.05) is 0 Å². The summed E-state index contributed by atoms with van der Waals surface area (Å²) < 4.78 is 12.5. The molecule has 0 aromatic rings. The first kappa shape index (κ1) is 8.15. The molecule has 0 aliphatic heterocycles. The number of hydrogen-bond donors (Lipinski definition) is 0. The lowest BCUT2D eigenvalue weighted by molar-refractivity contribution is 0.359. The van der Waals surface area contributed by atoms with E-state index in [1.165, 1.54) is 0 Å². The lowest BCUT2D eigenvalue weighted by Gasteiger charge is -1.97. The van der Waals surface area contributed by atoms with Crippen LogP contribution in [0.5, 0.6) is 0 Å². The maximum Gasteiger partial charge on any atom is 0.328 e. The number of halogens is 2. The number of rotatable bonds is 2. The second-order valence-electron chi connectivity index (χ2n) is 0.832. The summed E-state index contributed by atoms with van der Waals surface area (Å²) in [4.78, 5) is 0. The minimum Gasteiger partial charge on any atom is -0.313 e. The molecule has 0 amide bonds. The van der Waals surface area contributed by atoms with E-state index in [0.29, 0.717) is 6.61 Å². The van der Waals surface area contributed by atoms with Gasteiger partial charge in [0, 0.05) is 31.0 Å². The molecule has 0 aliphatic carbocycles. The van der Waals surface area contributed by atoms with Crippen LogP contribution in [0.3, 0.4) is 0 Å². The first-order valence-corrected chi connectivity index (χ1v) is 7.36. The van der Waals surface area contributed by atoms with Gasteiger partial charge in [0.15, 0.2) is 0 Å². The third-order valence-electron chi connectivity index (χ3n) is 0.279. The predicted octanol–water partition coefficient (Wildman–Crippen LogP) is 2.92. The van der Waals surface area contributed by atoms with Crippen molar-refractivity contribution in [2.45, 2.75) is 6.92 Å². The third-order valence-corrected chi connectivity index (χ3v) is 2.07. The fourth-order valence-electron chi connectivity index (χ4n) is 0.150. The van der Waals surface area contributed by atoms with Crippen molar-refractivity contribution in [3.63, 3.8) is 0 Å². The summed E-state index contributed by atoms with van der Waals surface area (Å²) in [6.07, 6.45) is 0. The highest BCUT2D eigenvalue weighted by molar-refractivity contribution is 9.70. The smallest absolute Gasteiger partial charge is 0.313 e. The molecule has 0 radical (unpaired) electrons. The minimum absolute atomic E-state index is 0.452. The molecule has 0 heterocycles. The van der Waals surface area contributed by atoms with E-state index in [1.54, 1.807) is 6.92 Å². The molecule has 0 bridgehead atoms. The lowest BCUT2D eigenvalue weighted by Crippen LogP contribution is -1.73. The van der Waals surface area contributed by atoms with Crippen molar-refractivity contribution in [3.8, 4) is 0 Å². The van der Waals surface area contributed by atoms with Gasteiger partial charge in [-0.2, -0.15) is 0 Å². The Morgan fingerprint density at radius 2 is 2.14 bits per heavy atom. The molecule has 5 heteroatoms. The molecule has 0 aromatic heterocycles. The van der Waals surface area contributed by atoms with E-state index in [0.717, 1.165) is 0 Å². The third kappa shape index (κ3) is 7.15. The van der Waals surface area contributed by atoms with Crippen LogP contribution < -0.4 is 0 Å². The molecule has 0 unspecified atom stereocenters. The van der Waals surface area contributed by atoms with Crippen LogP contribution in [0.15, 0.2) is 0 Å². The Bertz CT molecular complexity index is 87.7. The van der Waals surface area contributed by atoms with Gasteiger partial charge in [0.1, 0.15) is 0 Å². The molecule has 0 saturated carbocycles. The van der Waals surface area contributed by atoms with Crippen LogP contribution in [0.4, 0.5) is 0 Å². The first-order valence-electron chi connectivity index (χ1n) is 1.70. The Hall–Kier alpha value is 1.15. The maximum absolute atomic E-state index is 10.4. The van der Waals surface area contributed by atoms with Gasteiger partial charge >= 0.3 is 4.77 Å². The lowest BCUT2D eigenvalue weighted by atomic mass is 10.9. The van der Waals surface area contributed by atoms with Crippen LogP contribution in [-0.2, 0) is 9.09 Å². The topological polar surface area (TPSA) is 26.3 Å². The Labute approximate surface area is 58.6 Å². The molecule has 0 fully saturated rings. The largest absolute Gasteiger partial charge is 0.328 e. The van der Waals surface area contributed by atoms with E-state index >= 15 is 0 Å². The summed E-state index contributed by atoms with van der Waals surface area (Å²) in [6, 6.07) is 0. The standard InChI is InChI=1S/C2H5Br2O2P/c1-2-6-7(3,4)5/h2H2,1H3. The van der Waals surface area contributed by atoms with Gasteiger partial charge in [-0.25, -0.2) is 0 Å². The first-order chi connectivity index (χ1) is 3.06. The van der Waals surface area contributed by atoms with Gasteiger partial charge in [-0.3, -0.25) is 4.57 Å². The molecular weight excluding hydrogens is 247 g/mol. The Kier molecular flexibility index (Phi) is 3.76. The van der Waals surface area contributed by atoms with Crippen molar-refractivity contribution in [1.29, 1.82) is 0 Å². The molecule has 0 atom stereocenters. The van der Waals surface area contributed by atoms with E-state index in [-0.39, 0.29) is 0 Å². The van der Waals surface area contributed by atoms with Crippen molar-refractivity contribution < 1.29 is 9.09 Å². The summed E-state index contributed by atoms with van der Waals surface area (Å²) in [5, 5.41) is 0. The average molecular weight is 252 g/mol. The fourth-order valence-corrected chi connectivity index (χ4v) is 1.68. The molecular formula is C2H5Br2O2P. The van der Waals surface area contributed by atoms with Gasteiger partial charge in [0.2, 0.25) is 0 Å². The minimum atomic E-state index is -2.54. The van der Waals surface area contributed by atoms with Crippen LogP contribution in [-0.4, -0.2) is 6.61 Å². The molecule has 0 spiro atoms. The van der Waals surface area contributed by atoms with Crippen molar-refractivity contribution in [1.82, 2.24) is 0 Å². The highest BCUT2D eigenvalue weighted by atomic mass is 79.9. The highest BCUT2D eigenvalue weighted by Crippen LogP contribution is 2.62. The highest BCUT2D eigenvalue weighted by Gasteiger charge is 2.09. The van der Waals surface area contributed by atoms with Gasteiger partial charge in [-0.15, -0.1) is 0 Å². The zero-order chi connectivity index (χ0) is 5.91. The monoisotopic (exact) mass is 250 g/mol. The quantitative estimate of drug-likeness (QED) is 0.706. The normalized spacial score (nSPS) is 11.9. The summed E-state index contributed by atoms with van der Waals surface area (Å²) in [7, 11) is 0. The second kappa shape index (κ2) is 3.23. The van der Waals surface area contributed by atoms with Crippen molar-refractivity contribution in [3.05, 3.63) is 0 Å². The Balaban J connectivity index is 3.36. The maximum atomic E-state index is 10.4. The summed E-state index contributed by atoms with van der Waals surface area (Å²) >= 11 is 5.58. The summed E-state index contributed by atoms with van der Waals surface area (Å²) in [5.41, 5.74) is 0. The zero-order valence-electron chi connectivity index (χ0n) is 3.73. The molecule has 0 rings (SSSR count). The summed E-state index contributed by atoms with van der Waals surface area (Å²) in [5.74, 6) is 0. The van der Waals surface area contributed by atoms with Crippen molar-refractivity contribution in [2.75, 3.05) is 6.61 Å².